The third-order valence-corrected chi connectivity index (χ3v) is 3.98. The van der Waals surface area contributed by atoms with Gasteiger partial charge in [-0.05, 0) is 37.0 Å². The standard InChI is InChI=1S/C17H14F2N4O/c18-12-5-13(19)7-14(6-12)21-17-20-8-11-3-4-15(24)23(16(11)22-17)9-10-1-2-10/h3-8,10H,1-2,9H2,(H,20,21,22). The maximum absolute atomic E-state index is 13.3. The third-order valence-electron chi connectivity index (χ3n) is 3.98. The topological polar surface area (TPSA) is 59.8 Å². The van der Waals surface area contributed by atoms with Crippen molar-refractivity contribution >= 4 is 22.7 Å². The van der Waals surface area contributed by atoms with E-state index in [9.17, 15) is 13.6 Å². The summed E-state index contributed by atoms with van der Waals surface area (Å²) in [6, 6.07) is 6.27. The number of pyridine rings is 1. The van der Waals surface area contributed by atoms with Crippen LogP contribution < -0.4 is 10.9 Å². The van der Waals surface area contributed by atoms with Crippen LogP contribution in [0.1, 0.15) is 12.8 Å². The number of halogens is 2. The van der Waals surface area contributed by atoms with E-state index in [1.807, 2.05) is 0 Å². The molecule has 0 radical (unpaired) electrons. The summed E-state index contributed by atoms with van der Waals surface area (Å²) in [5.74, 6) is -0.688. The molecule has 2 aromatic heterocycles. The number of fused-ring (bicyclic) bond motifs is 1. The minimum absolute atomic E-state index is 0.115. The number of nitrogens with zero attached hydrogens (tertiary/aromatic N) is 3. The highest BCUT2D eigenvalue weighted by Crippen LogP contribution is 2.31. The van der Waals surface area contributed by atoms with E-state index in [1.165, 1.54) is 6.07 Å². The number of aromatic nitrogens is 3. The number of anilines is 2. The zero-order chi connectivity index (χ0) is 16.7. The van der Waals surface area contributed by atoms with E-state index < -0.39 is 11.6 Å². The van der Waals surface area contributed by atoms with Gasteiger partial charge in [0.1, 0.15) is 17.3 Å². The predicted octanol–water partition coefficient (Wildman–Crippen LogP) is 3.22. The fourth-order valence-corrected chi connectivity index (χ4v) is 2.62. The Kier molecular flexibility index (Phi) is 3.48. The quantitative estimate of drug-likeness (QED) is 0.799. The van der Waals surface area contributed by atoms with Gasteiger partial charge in [-0.3, -0.25) is 9.36 Å². The monoisotopic (exact) mass is 328 g/mol. The van der Waals surface area contributed by atoms with Crippen LogP contribution in [-0.4, -0.2) is 14.5 Å². The zero-order valence-electron chi connectivity index (χ0n) is 12.7. The maximum atomic E-state index is 13.3. The molecule has 0 saturated heterocycles. The summed E-state index contributed by atoms with van der Waals surface area (Å²) in [6.45, 7) is 0.626. The lowest BCUT2D eigenvalue weighted by Gasteiger charge is -2.10. The van der Waals surface area contributed by atoms with Gasteiger partial charge in [0, 0.05) is 35.9 Å². The van der Waals surface area contributed by atoms with Crippen molar-refractivity contribution in [2.24, 2.45) is 5.92 Å². The Morgan fingerprint density at radius 3 is 2.62 bits per heavy atom. The molecule has 2 heterocycles. The number of hydrogen-bond donors (Lipinski definition) is 1. The fourth-order valence-electron chi connectivity index (χ4n) is 2.62. The van der Waals surface area contributed by atoms with Crippen molar-refractivity contribution in [2.45, 2.75) is 19.4 Å². The fraction of sp³-hybridized carbons (Fsp3) is 0.235. The van der Waals surface area contributed by atoms with Crippen LogP contribution in [0, 0.1) is 17.6 Å². The Bertz CT molecular complexity index is 962. The lowest BCUT2D eigenvalue weighted by molar-refractivity contribution is 0.584. The van der Waals surface area contributed by atoms with Crippen molar-refractivity contribution in [3.05, 3.63) is 58.5 Å². The van der Waals surface area contributed by atoms with Crippen LogP contribution in [0.4, 0.5) is 20.4 Å². The molecule has 5 nitrogen and oxygen atoms in total. The third kappa shape index (κ3) is 2.97. The molecule has 0 amide bonds. The van der Waals surface area contributed by atoms with Crippen LogP contribution >= 0.6 is 0 Å². The van der Waals surface area contributed by atoms with E-state index in [1.54, 1.807) is 16.8 Å². The van der Waals surface area contributed by atoms with Gasteiger partial charge in [0.05, 0.1) is 0 Å². The molecule has 122 valence electrons. The summed E-state index contributed by atoms with van der Waals surface area (Å²) < 4.78 is 28.2. The summed E-state index contributed by atoms with van der Waals surface area (Å²) in [5.41, 5.74) is 0.610. The second-order valence-electron chi connectivity index (χ2n) is 5.98. The van der Waals surface area contributed by atoms with Gasteiger partial charge in [0.2, 0.25) is 5.95 Å². The highest BCUT2D eigenvalue weighted by Gasteiger charge is 2.23. The molecule has 24 heavy (non-hydrogen) atoms. The first-order valence-corrected chi connectivity index (χ1v) is 7.68. The van der Waals surface area contributed by atoms with Crippen molar-refractivity contribution in [2.75, 3.05) is 5.32 Å². The van der Waals surface area contributed by atoms with E-state index in [2.05, 4.69) is 15.3 Å². The number of rotatable bonds is 4. The van der Waals surface area contributed by atoms with Crippen molar-refractivity contribution in [1.82, 2.24) is 14.5 Å². The van der Waals surface area contributed by atoms with Gasteiger partial charge in [-0.25, -0.2) is 13.8 Å². The summed E-state index contributed by atoms with van der Waals surface area (Å²) >= 11 is 0. The van der Waals surface area contributed by atoms with Gasteiger partial charge in [0.15, 0.2) is 0 Å². The van der Waals surface area contributed by atoms with Crippen LogP contribution in [0.5, 0.6) is 0 Å². The molecular weight excluding hydrogens is 314 g/mol. The second kappa shape index (κ2) is 5.67. The average molecular weight is 328 g/mol. The Morgan fingerprint density at radius 2 is 1.92 bits per heavy atom. The zero-order valence-corrected chi connectivity index (χ0v) is 12.7. The van der Waals surface area contributed by atoms with E-state index >= 15 is 0 Å². The highest BCUT2D eigenvalue weighted by atomic mass is 19.1. The van der Waals surface area contributed by atoms with Gasteiger partial charge in [0.25, 0.3) is 5.56 Å². The molecule has 1 saturated carbocycles. The summed E-state index contributed by atoms with van der Waals surface area (Å²) in [5, 5.41) is 3.52. The second-order valence-corrected chi connectivity index (χ2v) is 5.98. The Labute approximate surface area is 136 Å². The molecule has 4 rings (SSSR count). The smallest absolute Gasteiger partial charge is 0.252 e. The Hall–Kier alpha value is -2.83. The average Bonchev–Trinajstić information content (AvgIpc) is 3.33. The van der Waals surface area contributed by atoms with E-state index in [0.29, 0.717) is 18.1 Å². The van der Waals surface area contributed by atoms with Crippen molar-refractivity contribution in [3.63, 3.8) is 0 Å². The summed E-state index contributed by atoms with van der Waals surface area (Å²) in [6.07, 6.45) is 3.81. The SMILES string of the molecule is O=c1ccc2cnc(Nc3cc(F)cc(F)c3)nc2n1CC1CC1. The minimum atomic E-state index is -0.691. The van der Waals surface area contributed by atoms with Crippen molar-refractivity contribution in [1.29, 1.82) is 0 Å². The summed E-state index contributed by atoms with van der Waals surface area (Å²) in [4.78, 5) is 20.7. The van der Waals surface area contributed by atoms with Crippen LogP contribution in [0.15, 0.2) is 41.3 Å². The van der Waals surface area contributed by atoms with Crippen LogP contribution in [0.2, 0.25) is 0 Å². The van der Waals surface area contributed by atoms with Gasteiger partial charge in [-0.1, -0.05) is 0 Å². The number of hydrogen-bond acceptors (Lipinski definition) is 4. The summed E-state index contributed by atoms with van der Waals surface area (Å²) in [7, 11) is 0. The lowest BCUT2D eigenvalue weighted by atomic mass is 10.3. The molecule has 0 atom stereocenters. The number of benzene rings is 1. The molecule has 0 spiro atoms. The van der Waals surface area contributed by atoms with E-state index in [-0.39, 0.29) is 17.2 Å². The van der Waals surface area contributed by atoms with Crippen molar-refractivity contribution in [3.8, 4) is 0 Å². The minimum Gasteiger partial charge on any atom is -0.324 e. The van der Waals surface area contributed by atoms with Crippen molar-refractivity contribution < 1.29 is 8.78 Å². The first kappa shape index (κ1) is 14.7. The Morgan fingerprint density at radius 1 is 1.17 bits per heavy atom. The van der Waals surface area contributed by atoms with Gasteiger partial charge >= 0.3 is 0 Å². The maximum Gasteiger partial charge on any atom is 0.252 e. The van der Waals surface area contributed by atoms with E-state index in [0.717, 1.165) is 36.4 Å². The lowest BCUT2D eigenvalue weighted by Crippen LogP contribution is -2.21. The predicted molar refractivity (Wildman–Crippen MR) is 86.2 cm³/mol. The number of nitrogens with one attached hydrogen (secondary N) is 1. The van der Waals surface area contributed by atoms with Crippen LogP contribution in [0.25, 0.3) is 11.0 Å². The molecular formula is C17H14F2N4O. The molecule has 1 aliphatic carbocycles. The molecule has 0 bridgehead atoms. The van der Waals surface area contributed by atoms with E-state index in [4.69, 9.17) is 0 Å². The van der Waals surface area contributed by atoms with Gasteiger partial charge in [-0.15, -0.1) is 0 Å². The highest BCUT2D eigenvalue weighted by molar-refractivity contribution is 5.75. The molecule has 1 aromatic carbocycles. The molecule has 7 heteroatoms. The van der Waals surface area contributed by atoms with Gasteiger partial charge in [-0.2, -0.15) is 4.98 Å². The molecule has 3 aromatic rings. The first-order valence-electron chi connectivity index (χ1n) is 7.68. The molecule has 1 N–H and O–H groups in total. The molecule has 1 fully saturated rings. The Balaban J connectivity index is 1.74. The molecule has 0 aliphatic heterocycles. The van der Waals surface area contributed by atoms with Gasteiger partial charge < -0.3 is 5.32 Å². The van der Waals surface area contributed by atoms with Crippen LogP contribution in [-0.2, 0) is 6.54 Å². The van der Waals surface area contributed by atoms with Crippen LogP contribution in [0.3, 0.4) is 0 Å². The molecule has 1 aliphatic rings. The first-order chi connectivity index (χ1) is 11.6. The normalized spacial score (nSPS) is 14.1. The molecule has 0 unspecified atom stereocenters. The largest absolute Gasteiger partial charge is 0.324 e.